The van der Waals surface area contributed by atoms with Crippen LogP contribution in [0.4, 0.5) is 8.78 Å². The van der Waals surface area contributed by atoms with Crippen LogP contribution in [0.2, 0.25) is 0 Å². The van der Waals surface area contributed by atoms with E-state index < -0.39 is 43.3 Å². The van der Waals surface area contributed by atoms with Gasteiger partial charge in [0.1, 0.15) is 0 Å². The number of hydrogen-bond donors (Lipinski definition) is 1. The van der Waals surface area contributed by atoms with Gasteiger partial charge in [-0.3, -0.25) is 0 Å². The van der Waals surface area contributed by atoms with E-state index in [0.717, 1.165) is 8.17 Å². The van der Waals surface area contributed by atoms with Crippen molar-refractivity contribution < 1.29 is 43.1 Å². The second-order valence-corrected chi connectivity index (χ2v) is 7.63. The number of nitriles is 1. The van der Waals surface area contributed by atoms with Crippen molar-refractivity contribution in [3.8, 4) is 6.07 Å². The molecule has 0 saturated carbocycles. The molecule has 26 heavy (non-hydrogen) atoms. The van der Waals surface area contributed by atoms with Gasteiger partial charge in [-0.2, -0.15) is 5.26 Å². The Bertz CT molecular complexity index is 929. The Morgan fingerprint density at radius 3 is 2.92 bits per heavy atom. The molecule has 1 fully saturated rings. The summed E-state index contributed by atoms with van der Waals surface area (Å²) < 4.78 is 27.9. The molecule has 1 aromatic carbocycles. The molecule has 3 rings (SSSR count). The quantitative estimate of drug-likeness (QED) is 0.613. The fourth-order valence-electron chi connectivity index (χ4n) is 2.87. The van der Waals surface area contributed by atoms with Crippen molar-refractivity contribution in [3.05, 3.63) is 36.0 Å². The first kappa shape index (κ1) is 18.6. The number of pyridine rings is 1. The molecule has 2 amide bonds. The first-order valence-electron chi connectivity index (χ1n) is 7.70. The predicted octanol–water partition coefficient (Wildman–Crippen LogP) is 0.899. The Kier molecular flexibility index (Phi) is 5.15. The zero-order chi connectivity index (χ0) is 18.9. The monoisotopic (exact) mass is 553 g/mol. The standard InChI is InChI=1S/C17H13AtF2N4O2/c18-10-1-2-12-13(3-4-22-14(12)5-10)16(26)23-8-15(25)24-9-17(19,20)6-11(24)7-21/h1-5,11H,6,8-9H2,(H,23,26). The Hall–Kier alpha value is -2.20. The molecule has 0 spiro atoms. The number of likely N-dealkylation sites (tertiary alicyclic amines) is 1. The molecule has 1 aliphatic rings. The normalized spacial score (nSPS) is 18.5. The second-order valence-electron chi connectivity index (χ2n) is 5.93. The summed E-state index contributed by atoms with van der Waals surface area (Å²) in [5.41, 5.74) is 1.01. The fraction of sp³-hybridized carbons (Fsp3) is 0.294. The number of carbonyl (C=O) groups is 2. The van der Waals surface area contributed by atoms with E-state index in [-0.39, 0.29) is 0 Å². The summed E-state index contributed by atoms with van der Waals surface area (Å²) in [4.78, 5) is 29.6. The van der Waals surface area contributed by atoms with E-state index in [1.165, 1.54) is 37.0 Å². The van der Waals surface area contributed by atoms with Gasteiger partial charge in [-0.1, -0.05) is 0 Å². The van der Waals surface area contributed by atoms with E-state index in [4.69, 9.17) is 5.26 Å². The van der Waals surface area contributed by atoms with Crippen LogP contribution < -0.4 is 8.59 Å². The molecular weight excluding hydrogens is 540 g/mol. The number of carbonyl (C=O) groups excluding carboxylic acids is 2. The van der Waals surface area contributed by atoms with Gasteiger partial charge < -0.3 is 0 Å². The number of alkyl halides is 2. The molecule has 1 N–H and O–H groups in total. The summed E-state index contributed by atoms with van der Waals surface area (Å²) in [5, 5.41) is 12.0. The van der Waals surface area contributed by atoms with E-state index in [1.807, 2.05) is 12.1 Å². The molecule has 0 aliphatic carbocycles. The van der Waals surface area contributed by atoms with Crippen molar-refractivity contribution in [1.29, 1.82) is 5.26 Å². The number of rotatable bonds is 3. The molecule has 134 valence electrons. The molecule has 2 heterocycles. The third-order valence-corrected chi connectivity index (χ3v) is 5.00. The van der Waals surface area contributed by atoms with Crippen LogP contribution in [0, 0.1) is 36.1 Å². The average molecular weight is 553 g/mol. The second kappa shape index (κ2) is 7.20. The van der Waals surface area contributed by atoms with E-state index in [2.05, 4.69) is 10.3 Å². The summed E-state index contributed by atoms with van der Waals surface area (Å²) >= 11 is 1.49. The topological polar surface area (TPSA) is 86.1 Å². The van der Waals surface area contributed by atoms with Gasteiger partial charge in [0.2, 0.25) is 0 Å². The van der Waals surface area contributed by atoms with Gasteiger partial charge in [0, 0.05) is 0 Å². The van der Waals surface area contributed by atoms with Crippen molar-refractivity contribution in [2.45, 2.75) is 18.4 Å². The number of amides is 2. The number of nitrogens with one attached hydrogen (secondary N) is 1. The molecule has 2 aromatic rings. The molecule has 1 aromatic heterocycles. The maximum absolute atomic E-state index is 13.4. The number of nitrogens with zero attached hydrogens (tertiary/aromatic N) is 3. The van der Waals surface area contributed by atoms with E-state index in [9.17, 15) is 18.4 Å². The number of aromatic nitrogens is 1. The Morgan fingerprint density at radius 2 is 2.19 bits per heavy atom. The van der Waals surface area contributed by atoms with Crippen LogP contribution >= 0.6 is 0 Å². The molecule has 0 radical (unpaired) electrons. The molecular formula is C17H13AtF2N4O2. The van der Waals surface area contributed by atoms with Gasteiger partial charge in [0.25, 0.3) is 0 Å². The number of hydrogen-bond acceptors (Lipinski definition) is 4. The van der Waals surface area contributed by atoms with Gasteiger partial charge in [-0.05, 0) is 0 Å². The van der Waals surface area contributed by atoms with Crippen molar-refractivity contribution in [2.75, 3.05) is 13.1 Å². The van der Waals surface area contributed by atoms with E-state index >= 15 is 0 Å². The summed E-state index contributed by atoms with van der Waals surface area (Å²) in [7, 11) is 0. The van der Waals surface area contributed by atoms with Crippen molar-refractivity contribution >= 4 is 26.0 Å². The summed E-state index contributed by atoms with van der Waals surface area (Å²) in [6, 6.07) is 7.56. The maximum atomic E-state index is 13.4. The van der Waals surface area contributed by atoms with Crippen molar-refractivity contribution in [2.24, 2.45) is 0 Å². The van der Waals surface area contributed by atoms with Crippen LogP contribution in [0.1, 0.15) is 16.8 Å². The van der Waals surface area contributed by atoms with Gasteiger partial charge in [0.15, 0.2) is 0 Å². The minimum atomic E-state index is -3.08. The average Bonchev–Trinajstić information content (AvgIpc) is 2.93. The van der Waals surface area contributed by atoms with Gasteiger partial charge >= 0.3 is 149 Å². The van der Waals surface area contributed by atoms with Gasteiger partial charge in [0.05, 0.1) is 0 Å². The van der Waals surface area contributed by atoms with Gasteiger partial charge in [-0.25, -0.2) is 8.78 Å². The van der Waals surface area contributed by atoms with Crippen LogP contribution in [-0.4, -0.2) is 46.8 Å². The summed E-state index contributed by atoms with van der Waals surface area (Å²) in [6.45, 7) is -1.26. The molecule has 1 aliphatic heterocycles. The van der Waals surface area contributed by atoms with Crippen molar-refractivity contribution in [1.82, 2.24) is 15.2 Å². The SMILES string of the molecule is N#CC1CC(F)(F)CN1C(=O)CNC(=O)c1ccnc2cc([At])ccc12. The molecule has 1 unspecified atom stereocenters. The fourth-order valence-corrected chi connectivity index (χ4v) is 3.51. The zero-order valence-electron chi connectivity index (χ0n) is 13.4. The third kappa shape index (κ3) is 3.80. The Labute approximate surface area is 163 Å². The summed E-state index contributed by atoms with van der Waals surface area (Å²) in [6.07, 6.45) is 0.816. The Balaban J connectivity index is 1.72. The molecule has 6 nitrogen and oxygen atoms in total. The first-order valence-corrected chi connectivity index (χ1v) is 9.17. The van der Waals surface area contributed by atoms with E-state index in [0.29, 0.717) is 16.5 Å². The van der Waals surface area contributed by atoms with Gasteiger partial charge in [-0.15, -0.1) is 0 Å². The Morgan fingerprint density at radius 1 is 1.42 bits per heavy atom. The summed E-state index contributed by atoms with van der Waals surface area (Å²) in [5.74, 6) is -4.29. The van der Waals surface area contributed by atoms with Crippen LogP contribution in [0.3, 0.4) is 0 Å². The van der Waals surface area contributed by atoms with Crippen LogP contribution in [0.5, 0.6) is 0 Å². The van der Waals surface area contributed by atoms with Crippen LogP contribution in [0.25, 0.3) is 10.9 Å². The van der Waals surface area contributed by atoms with Crippen molar-refractivity contribution in [3.63, 3.8) is 0 Å². The molecule has 0 bridgehead atoms. The zero-order valence-corrected chi connectivity index (χ0v) is 16.3. The molecule has 1 saturated heterocycles. The molecule has 1 atom stereocenters. The predicted molar refractivity (Wildman–Crippen MR) is 84.4 cm³/mol. The van der Waals surface area contributed by atoms with Crippen LogP contribution in [-0.2, 0) is 4.79 Å². The number of benzene rings is 1. The molecule has 9 heteroatoms. The minimum absolute atomic E-state index is 0.345. The van der Waals surface area contributed by atoms with Crippen LogP contribution in [0.15, 0.2) is 30.5 Å². The number of halogens is 2. The van der Waals surface area contributed by atoms with E-state index in [1.54, 1.807) is 12.1 Å². The number of fused-ring (bicyclic) bond motifs is 1. The first-order chi connectivity index (χ1) is 12.3. The third-order valence-electron chi connectivity index (χ3n) is 4.09.